The summed E-state index contributed by atoms with van der Waals surface area (Å²) in [4.78, 5) is 14.2. The average molecular weight is 472 g/mol. The molecule has 0 aromatic heterocycles. The Bertz CT molecular complexity index is 872. The SMILES string of the molecule is Cc1cccc(C[C@@H](O)/C=C/[C@@H]2[C@H]3CC(CSCCC(=O)N(C)C(C)(C)C)=C[C@H]3C[C@H]2O)c1. The minimum atomic E-state index is -0.536. The van der Waals surface area contributed by atoms with Gasteiger partial charge in [0.05, 0.1) is 12.2 Å². The van der Waals surface area contributed by atoms with Crippen LogP contribution in [0.4, 0.5) is 0 Å². The Morgan fingerprint density at radius 3 is 2.79 bits per heavy atom. The maximum atomic E-state index is 12.3. The number of nitrogens with zero attached hydrogens (tertiary/aromatic N) is 1. The molecule has 5 atom stereocenters. The van der Waals surface area contributed by atoms with E-state index in [-0.39, 0.29) is 23.5 Å². The first-order valence-corrected chi connectivity index (χ1v) is 13.3. The van der Waals surface area contributed by atoms with Gasteiger partial charge in [0.1, 0.15) is 0 Å². The highest BCUT2D eigenvalue weighted by molar-refractivity contribution is 7.99. The van der Waals surface area contributed by atoms with Gasteiger partial charge < -0.3 is 15.1 Å². The minimum absolute atomic E-state index is 0.0999. The first-order chi connectivity index (χ1) is 15.5. The number of carbonyl (C=O) groups excluding carboxylic acids is 1. The van der Waals surface area contributed by atoms with Gasteiger partial charge in [-0.3, -0.25) is 4.79 Å². The molecule has 0 saturated heterocycles. The fourth-order valence-electron chi connectivity index (χ4n) is 5.02. The van der Waals surface area contributed by atoms with E-state index in [0.717, 1.165) is 29.9 Å². The molecule has 1 fully saturated rings. The molecule has 33 heavy (non-hydrogen) atoms. The number of fused-ring (bicyclic) bond motifs is 1. The Labute approximate surface area is 204 Å². The van der Waals surface area contributed by atoms with E-state index in [0.29, 0.717) is 24.7 Å². The molecule has 2 aliphatic rings. The Hall–Kier alpha value is -1.56. The van der Waals surface area contributed by atoms with Gasteiger partial charge in [0.25, 0.3) is 0 Å². The molecule has 1 amide bonds. The van der Waals surface area contributed by atoms with E-state index in [9.17, 15) is 15.0 Å². The maximum Gasteiger partial charge on any atom is 0.223 e. The molecule has 1 aromatic carbocycles. The van der Waals surface area contributed by atoms with Crippen LogP contribution in [-0.2, 0) is 11.2 Å². The van der Waals surface area contributed by atoms with Crippen LogP contribution in [0, 0.1) is 24.7 Å². The number of hydrogen-bond donors (Lipinski definition) is 2. The van der Waals surface area contributed by atoms with E-state index in [1.807, 2.05) is 41.9 Å². The quantitative estimate of drug-likeness (QED) is 0.402. The van der Waals surface area contributed by atoms with Crippen molar-refractivity contribution in [3.8, 4) is 0 Å². The molecule has 0 radical (unpaired) electrons. The van der Waals surface area contributed by atoms with E-state index in [1.54, 1.807) is 0 Å². The van der Waals surface area contributed by atoms with Crippen molar-refractivity contribution in [2.45, 2.75) is 71.1 Å². The third kappa shape index (κ3) is 7.21. The van der Waals surface area contributed by atoms with Crippen LogP contribution in [0.1, 0.15) is 51.2 Å². The van der Waals surface area contributed by atoms with Crippen LogP contribution in [0.5, 0.6) is 0 Å². The molecular formula is C28H41NO3S. The summed E-state index contributed by atoms with van der Waals surface area (Å²) in [6, 6.07) is 8.24. The van der Waals surface area contributed by atoms with Gasteiger partial charge in [0.15, 0.2) is 0 Å². The number of thioether (sulfide) groups is 1. The van der Waals surface area contributed by atoms with Gasteiger partial charge in [0.2, 0.25) is 5.91 Å². The Kier molecular flexibility index (Phi) is 8.88. The van der Waals surface area contributed by atoms with Crippen molar-refractivity contribution in [2.24, 2.45) is 17.8 Å². The van der Waals surface area contributed by atoms with Gasteiger partial charge in [-0.2, -0.15) is 11.8 Å². The topological polar surface area (TPSA) is 60.8 Å². The second-order valence-electron chi connectivity index (χ2n) is 10.8. The van der Waals surface area contributed by atoms with Crippen molar-refractivity contribution in [1.29, 1.82) is 0 Å². The zero-order valence-electron chi connectivity index (χ0n) is 20.8. The van der Waals surface area contributed by atoms with Crippen molar-refractivity contribution in [3.63, 3.8) is 0 Å². The number of benzene rings is 1. The summed E-state index contributed by atoms with van der Waals surface area (Å²) in [5.41, 5.74) is 3.64. The normalized spacial score (nSPS) is 25.8. The molecule has 0 unspecified atom stereocenters. The largest absolute Gasteiger partial charge is 0.392 e. The molecule has 0 heterocycles. The van der Waals surface area contributed by atoms with Gasteiger partial charge >= 0.3 is 0 Å². The van der Waals surface area contributed by atoms with Crippen molar-refractivity contribution in [1.82, 2.24) is 4.90 Å². The van der Waals surface area contributed by atoms with Gasteiger partial charge in [-0.05, 0) is 57.9 Å². The van der Waals surface area contributed by atoms with Gasteiger partial charge in [-0.1, -0.05) is 53.6 Å². The fourth-order valence-corrected chi connectivity index (χ4v) is 5.96. The predicted octanol–water partition coefficient (Wildman–Crippen LogP) is 4.78. The number of hydrogen-bond acceptors (Lipinski definition) is 4. The van der Waals surface area contributed by atoms with Crippen LogP contribution in [0.2, 0.25) is 0 Å². The third-order valence-electron chi connectivity index (χ3n) is 7.16. The number of aryl methyl sites for hydroxylation is 1. The number of carbonyl (C=O) groups is 1. The number of aliphatic hydroxyl groups excluding tert-OH is 2. The summed E-state index contributed by atoms with van der Waals surface area (Å²) >= 11 is 1.83. The van der Waals surface area contributed by atoms with Gasteiger partial charge in [-0.15, -0.1) is 0 Å². The fraction of sp³-hybridized carbons (Fsp3) is 0.607. The lowest BCUT2D eigenvalue weighted by molar-refractivity contribution is -0.133. The number of amides is 1. The first-order valence-electron chi connectivity index (χ1n) is 12.2. The van der Waals surface area contributed by atoms with Crippen LogP contribution in [0.15, 0.2) is 48.1 Å². The van der Waals surface area contributed by atoms with Crippen LogP contribution in [-0.4, -0.2) is 57.3 Å². The molecule has 3 rings (SSSR count). The monoisotopic (exact) mass is 471 g/mol. The van der Waals surface area contributed by atoms with Crippen molar-refractivity contribution in [2.75, 3.05) is 18.6 Å². The van der Waals surface area contributed by atoms with Crippen molar-refractivity contribution >= 4 is 17.7 Å². The molecule has 0 bridgehead atoms. The van der Waals surface area contributed by atoms with Crippen molar-refractivity contribution < 1.29 is 15.0 Å². The molecule has 182 valence electrons. The van der Waals surface area contributed by atoms with Crippen molar-refractivity contribution in [3.05, 3.63) is 59.2 Å². The number of rotatable bonds is 9. The highest BCUT2D eigenvalue weighted by Gasteiger charge is 2.43. The summed E-state index contributed by atoms with van der Waals surface area (Å²) in [6.07, 6.45) is 8.40. The van der Waals surface area contributed by atoms with Crippen LogP contribution in [0.3, 0.4) is 0 Å². The highest BCUT2D eigenvalue weighted by atomic mass is 32.2. The summed E-state index contributed by atoms with van der Waals surface area (Å²) in [7, 11) is 1.88. The first kappa shape index (κ1) is 26.1. The molecule has 0 spiro atoms. The Morgan fingerprint density at radius 2 is 2.09 bits per heavy atom. The molecule has 2 aliphatic carbocycles. The second kappa shape index (κ2) is 11.2. The third-order valence-corrected chi connectivity index (χ3v) is 8.23. The minimum Gasteiger partial charge on any atom is -0.392 e. The van der Waals surface area contributed by atoms with Crippen LogP contribution in [0.25, 0.3) is 0 Å². The Morgan fingerprint density at radius 1 is 1.33 bits per heavy atom. The summed E-state index contributed by atoms with van der Waals surface area (Å²) in [5, 5.41) is 21.1. The van der Waals surface area contributed by atoms with E-state index >= 15 is 0 Å². The zero-order chi connectivity index (χ0) is 24.2. The molecule has 0 aliphatic heterocycles. The highest BCUT2D eigenvalue weighted by Crippen LogP contribution is 2.47. The number of allylic oxidation sites excluding steroid dienone is 1. The molecule has 4 nitrogen and oxygen atoms in total. The molecular weight excluding hydrogens is 430 g/mol. The van der Waals surface area contributed by atoms with Gasteiger partial charge in [-0.25, -0.2) is 0 Å². The summed E-state index contributed by atoms with van der Waals surface area (Å²) in [5.74, 6) is 2.94. The second-order valence-corrected chi connectivity index (χ2v) is 11.9. The Balaban J connectivity index is 1.45. The average Bonchev–Trinajstić information content (AvgIpc) is 3.24. The van der Waals surface area contributed by atoms with E-state index < -0.39 is 6.10 Å². The maximum absolute atomic E-state index is 12.3. The van der Waals surface area contributed by atoms with Crippen LogP contribution < -0.4 is 0 Å². The molecule has 1 saturated carbocycles. The number of aliphatic hydroxyl groups is 2. The zero-order valence-corrected chi connectivity index (χ0v) is 21.6. The standard InChI is InChI=1S/C28H41NO3S/c1-19-7-6-8-20(13-19)15-23(30)9-10-24-25-16-21(14-22(25)17-26(24)31)18-33-12-11-27(32)29(5)28(2,3)4/h6-10,13-14,22-26,30-31H,11-12,15-18H2,1-5H3/b10-9+/t22-,23-,24+,25-,26+/m0/s1. The predicted molar refractivity (Wildman–Crippen MR) is 138 cm³/mol. The summed E-state index contributed by atoms with van der Waals surface area (Å²) in [6.45, 7) is 8.23. The van der Waals surface area contributed by atoms with E-state index in [1.165, 1.54) is 11.1 Å². The van der Waals surface area contributed by atoms with Gasteiger partial charge in [0, 0.05) is 42.9 Å². The lowest BCUT2D eigenvalue weighted by Crippen LogP contribution is -2.42. The lowest BCUT2D eigenvalue weighted by Gasteiger charge is -2.32. The smallest absolute Gasteiger partial charge is 0.223 e. The van der Waals surface area contributed by atoms with Crippen LogP contribution >= 0.6 is 11.8 Å². The summed E-state index contributed by atoms with van der Waals surface area (Å²) < 4.78 is 0. The van der Waals surface area contributed by atoms with E-state index in [2.05, 4.69) is 52.0 Å². The van der Waals surface area contributed by atoms with E-state index in [4.69, 9.17) is 0 Å². The molecule has 2 N–H and O–H groups in total. The lowest BCUT2D eigenvalue weighted by atomic mass is 9.89. The molecule has 5 heteroatoms. The molecule has 1 aromatic rings.